The third-order valence-corrected chi connectivity index (χ3v) is 2.58. The van der Waals surface area contributed by atoms with Gasteiger partial charge in [-0.2, -0.15) is 0 Å². The highest BCUT2D eigenvalue weighted by Gasteiger charge is 2.23. The summed E-state index contributed by atoms with van der Waals surface area (Å²) in [6.07, 6.45) is 1.34. The first-order valence-electron chi connectivity index (χ1n) is 4.54. The number of fused-ring (bicyclic) bond motifs is 1. The maximum atomic E-state index is 9.56. The van der Waals surface area contributed by atoms with Gasteiger partial charge in [0, 0.05) is 5.41 Å². The van der Waals surface area contributed by atoms with Crippen LogP contribution in [0.5, 0.6) is 5.75 Å². The molecule has 1 N–H and O–H groups in total. The number of oxazole rings is 1. The molecule has 0 fully saturated rings. The minimum Gasteiger partial charge on any atom is -0.503 e. The molecule has 0 aliphatic rings. The zero-order valence-corrected chi connectivity index (χ0v) is 10.3. The van der Waals surface area contributed by atoms with Gasteiger partial charge in [0.15, 0.2) is 5.75 Å². The number of aromatic hydroxyl groups is 1. The van der Waals surface area contributed by atoms with Crippen molar-refractivity contribution in [3.63, 3.8) is 0 Å². The van der Waals surface area contributed by atoms with E-state index in [2.05, 4.69) is 25.9 Å². The van der Waals surface area contributed by atoms with Gasteiger partial charge >= 0.3 is 0 Å². The molecule has 0 aromatic carbocycles. The second-order valence-corrected chi connectivity index (χ2v) is 5.13. The Morgan fingerprint density at radius 2 is 2.07 bits per heavy atom. The average Bonchev–Trinajstić information content (AvgIpc) is 2.56. The van der Waals surface area contributed by atoms with E-state index in [0.717, 1.165) is 0 Å². The van der Waals surface area contributed by atoms with Crippen LogP contribution in [0.2, 0.25) is 0 Å². The van der Waals surface area contributed by atoms with Crippen LogP contribution in [-0.2, 0) is 5.41 Å². The Morgan fingerprint density at radius 1 is 1.40 bits per heavy atom. The number of aromatic nitrogens is 2. The number of pyridine rings is 1. The van der Waals surface area contributed by atoms with Gasteiger partial charge in [-0.05, 0) is 15.9 Å². The summed E-state index contributed by atoms with van der Waals surface area (Å²) < 4.78 is 6.09. The molecule has 0 aliphatic heterocycles. The van der Waals surface area contributed by atoms with Gasteiger partial charge in [0.05, 0.1) is 6.20 Å². The Kier molecular flexibility index (Phi) is 2.22. The lowest BCUT2D eigenvalue weighted by atomic mass is 9.97. The topological polar surface area (TPSA) is 59.2 Å². The molecular formula is C10H11BrN2O2. The lowest BCUT2D eigenvalue weighted by molar-refractivity contribution is 0.398. The van der Waals surface area contributed by atoms with Crippen LogP contribution < -0.4 is 0 Å². The molecule has 2 aromatic rings. The van der Waals surface area contributed by atoms with Gasteiger partial charge in [-0.1, -0.05) is 20.8 Å². The molecule has 4 nitrogen and oxygen atoms in total. The van der Waals surface area contributed by atoms with Crippen molar-refractivity contribution in [2.24, 2.45) is 0 Å². The molecule has 5 heteroatoms. The van der Waals surface area contributed by atoms with E-state index < -0.39 is 0 Å². The average molecular weight is 271 g/mol. The Balaban J connectivity index is 2.76. The Bertz CT molecular complexity index is 475. The van der Waals surface area contributed by atoms with E-state index in [1.807, 2.05) is 20.8 Å². The summed E-state index contributed by atoms with van der Waals surface area (Å²) in [5.41, 5.74) is 0.743. The molecular weight excluding hydrogens is 260 g/mol. The molecule has 2 rings (SSSR count). The van der Waals surface area contributed by atoms with E-state index in [9.17, 15) is 5.11 Å². The first-order valence-corrected chi connectivity index (χ1v) is 5.33. The molecule has 0 atom stereocenters. The van der Waals surface area contributed by atoms with Crippen LogP contribution in [0, 0.1) is 0 Å². The fourth-order valence-corrected chi connectivity index (χ4v) is 1.56. The molecule has 0 aliphatic carbocycles. The van der Waals surface area contributed by atoms with E-state index >= 15 is 0 Å². The maximum Gasteiger partial charge on any atom is 0.201 e. The number of rotatable bonds is 0. The maximum absolute atomic E-state index is 9.56. The van der Waals surface area contributed by atoms with Crippen LogP contribution in [0.3, 0.4) is 0 Å². The van der Waals surface area contributed by atoms with Crippen molar-refractivity contribution in [2.45, 2.75) is 26.2 Å². The van der Waals surface area contributed by atoms with Crippen LogP contribution in [0.4, 0.5) is 0 Å². The number of nitrogens with zero attached hydrogens (tertiary/aromatic N) is 2. The third-order valence-electron chi connectivity index (χ3n) is 2.00. The van der Waals surface area contributed by atoms with E-state index in [1.165, 1.54) is 6.20 Å². The van der Waals surface area contributed by atoms with Gasteiger partial charge in [-0.3, -0.25) is 0 Å². The molecule has 0 saturated carbocycles. The highest BCUT2D eigenvalue weighted by Crippen LogP contribution is 2.33. The van der Waals surface area contributed by atoms with Gasteiger partial charge in [0.2, 0.25) is 11.5 Å². The molecule has 80 valence electrons. The molecule has 0 bridgehead atoms. The lowest BCUT2D eigenvalue weighted by Crippen LogP contribution is -2.10. The molecule has 0 unspecified atom stereocenters. The van der Waals surface area contributed by atoms with Crippen LogP contribution >= 0.6 is 15.9 Å². The predicted molar refractivity (Wildman–Crippen MR) is 59.9 cm³/mol. The summed E-state index contributed by atoms with van der Waals surface area (Å²) in [6.45, 7) is 5.99. The summed E-state index contributed by atoms with van der Waals surface area (Å²) >= 11 is 3.27. The van der Waals surface area contributed by atoms with Crippen molar-refractivity contribution in [1.82, 2.24) is 9.97 Å². The first-order chi connectivity index (χ1) is 6.89. The van der Waals surface area contributed by atoms with E-state index in [4.69, 9.17) is 4.42 Å². The van der Waals surface area contributed by atoms with Crippen LogP contribution in [0.15, 0.2) is 15.2 Å². The van der Waals surface area contributed by atoms with Crippen molar-refractivity contribution >= 4 is 27.0 Å². The van der Waals surface area contributed by atoms with Crippen molar-refractivity contribution in [1.29, 1.82) is 0 Å². The molecule has 0 saturated heterocycles. The second kappa shape index (κ2) is 3.20. The smallest absolute Gasteiger partial charge is 0.201 e. The molecule has 0 spiro atoms. The zero-order chi connectivity index (χ0) is 11.2. The van der Waals surface area contributed by atoms with Gasteiger partial charge in [-0.25, -0.2) is 9.97 Å². The van der Waals surface area contributed by atoms with Gasteiger partial charge < -0.3 is 9.52 Å². The summed E-state index contributed by atoms with van der Waals surface area (Å²) in [6, 6.07) is 0. The van der Waals surface area contributed by atoms with Gasteiger partial charge in [0.1, 0.15) is 10.1 Å². The molecule has 0 amide bonds. The molecule has 0 radical (unpaired) electrons. The summed E-state index contributed by atoms with van der Waals surface area (Å²) in [5.74, 6) is 0.595. The molecule has 2 aromatic heterocycles. The van der Waals surface area contributed by atoms with Crippen molar-refractivity contribution in [3.8, 4) is 5.75 Å². The highest BCUT2D eigenvalue weighted by atomic mass is 79.9. The third kappa shape index (κ3) is 1.71. The summed E-state index contributed by atoms with van der Waals surface area (Å²) in [5, 5.41) is 9.56. The quantitative estimate of drug-likeness (QED) is 0.748. The van der Waals surface area contributed by atoms with Crippen molar-refractivity contribution < 1.29 is 9.52 Å². The van der Waals surface area contributed by atoms with Crippen molar-refractivity contribution in [3.05, 3.63) is 16.7 Å². The SMILES string of the molecule is CC(C)(C)c1nc2c(Br)ncc(O)c2o1. The normalized spacial score (nSPS) is 12.3. The molecule has 15 heavy (non-hydrogen) atoms. The number of hydrogen-bond donors (Lipinski definition) is 1. The number of hydrogen-bond acceptors (Lipinski definition) is 4. The monoisotopic (exact) mass is 270 g/mol. The van der Waals surface area contributed by atoms with Crippen molar-refractivity contribution in [2.75, 3.05) is 0 Å². The highest BCUT2D eigenvalue weighted by molar-refractivity contribution is 9.10. The summed E-state index contributed by atoms with van der Waals surface area (Å²) in [4.78, 5) is 8.25. The largest absolute Gasteiger partial charge is 0.503 e. The zero-order valence-electron chi connectivity index (χ0n) is 8.71. The summed E-state index contributed by atoms with van der Waals surface area (Å²) in [7, 11) is 0. The van der Waals surface area contributed by atoms with Gasteiger partial charge in [0.25, 0.3) is 0 Å². The number of halogens is 1. The fraction of sp³-hybridized carbons (Fsp3) is 0.400. The lowest BCUT2D eigenvalue weighted by Gasteiger charge is -2.11. The van der Waals surface area contributed by atoms with E-state index in [1.54, 1.807) is 0 Å². The Morgan fingerprint density at radius 3 is 2.60 bits per heavy atom. The van der Waals surface area contributed by atoms with Crippen LogP contribution in [0.25, 0.3) is 11.1 Å². The standard InChI is InChI=1S/C10H11BrN2O2/c1-10(2,3)9-13-6-7(15-9)5(14)4-12-8(6)11/h4,14H,1-3H3. The van der Waals surface area contributed by atoms with Crippen LogP contribution in [-0.4, -0.2) is 15.1 Å². The minimum atomic E-state index is -0.190. The predicted octanol–water partition coefficient (Wildman–Crippen LogP) is 2.99. The second-order valence-electron chi connectivity index (χ2n) is 4.38. The van der Waals surface area contributed by atoms with Gasteiger partial charge in [-0.15, -0.1) is 0 Å². The Hall–Kier alpha value is -1.10. The molecule has 2 heterocycles. The Labute approximate surface area is 95.5 Å². The van der Waals surface area contributed by atoms with E-state index in [-0.39, 0.29) is 11.2 Å². The first kappa shape index (κ1) is 10.4. The van der Waals surface area contributed by atoms with E-state index in [0.29, 0.717) is 21.6 Å². The van der Waals surface area contributed by atoms with Crippen LogP contribution in [0.1, 0.15) is 26.7 Å². The fourth-order valence-electron chi connectivity index (χ4n) is 1.19. The minimum absolute atomic E-state index is 0.0104.